The summed E-state index contributed by atoms with van der Waals surface area (Å²) < 4.78 is 0.915. The molecule has 1 fully saturated rings. The van der Waals surface area contributed by atoms with Gasteiger partial charge in [0.2, 0.25) is 0 Å². The quantitative estimate of drug-likeness (QED) is 0.869. The molecule has 2 aromatic rings. The maximum atomic E-state index is 4.68. The highest BCUT2D eigenvalue weighted by Crippen LogP contribution is 2.43. The molecule has 3 rings (SSSR count). The van der Waals surface area contributed by atoms with Crippen molar-refractivity contribution in [1.82, 2.24) is 9.97 Å². The van der Waals surface area contributed by atoms with E-state index in [2.05, 4.69) is 62.4 Å². The number of hydrogen-bond acceptors (Lipinski definition) is 3. The lowest BCUT2D eigenvalue weighted by molar-refractivity contribution is 0.962. The molecule has 0 amide bonds. The molecule has 3 nitrogen and oxygen atoms in total. The first-order chi connectivity index (χ1) is 9.79. The lowest BCUT2D eigenvalue weighted by atomic mass is 10.0. The van der Waals surface area contributed by atoms with Gasteiger partial charge in [0.1, 0.15) is 5.82 Å². The van der Waals surface area contributed by atoms with Crippen molar-refractivity contribution in [2.45, 2.75) is 32.1 Å². The van der Waals surface area contributed by atoms with Crippen molar-refractivity contribution < 1.29 is 0 Å². The topological polar surface area (TPSA) is 37.8 Å². The second-order valence-corrected chi connectivity index (χ2v) is 6.03. The Morgan fingerprint density at radius 3 is 2.85 bits per heavy atom. The van der Waals surface area contributed by atoms with E-state index in [4.69, 9.17) is 0 Å². The Bertz CT molecular complexity index is 608. The fraction of sp³-hybridized carbons (Fsp3) is 0.375. The molecule has 1 heterocycles. The van der Waals surface area contributed by atoms with E-state index < -0.39 is 0 Å². The molecular weight excluding hydrogens is 314 g/mol. The van der Waals surface area contributed by atoms with Crippen molar-refractivity contribution in [2.24, 2.45) is 0 Å². The highest BCUT2D eigenvalue weighted by Gasteiger charge is 2.26. The predicted molar refractivity (Wildman–Crippen MR) is 85.9 cm³/mol. The van der Waals surface area contributed by atoms with E-state index in [1.165, 1.54) is 24.0 Å². The van der Waals surface area contributed by atoms with Gasteiger partial charge in [-0.05, 0) is 46.7 Å². The monoisotopic (exact) mass is 331 g/mol. The Hall–Kier alpha value is -1.42. The van der Waals surface area contributed by atoms with Gasteiger partial charge in [0.15, 0.2) is 5.82 Å². The number of nitrogens with zero attached hydrogens (tertiary/aromatic N) is 2. The average molecular weight is 332 g/mol. The number of anilines is 1. The van der Waals surface area contributed by atoms with Crippen LogP contribution < -0.4 is 5.32 Å². The fourth-order valence-electron chi connectivity index (χ4n) is 2.32. The number of halogens is 1. The Kier molecular flexibility index (Phi) is 4.01. The van der Waals surface area contributed by atoms with Crippen LogP contribution in [0.3, 0.4) is 0 Å². The molecule has 20 heavy (non-hydrogen) atoms. The third-order valence-corrected chi connectivity index (χ3v) is 4.09. The van der Waals surface area contributed by atoms with E-state index in [1.807, 2.05) is 6.20 Å². The average Bonchev–Trinajstić information content (AvgIpc) is 3.31. The summed E-state index contributed by atoms with van der Waals surface area (Å²) in [5, 5.41) is 3.34. The smallest absolute Gasteiger partial charge is 0.161 e. The zero-order valence-corrected chi connectivity index (χ0v) is 13.2. The molecule has 4 heteroatoms. The van der Waals surface area contributed by atoms with Crippen molar-refractivity contribution in [3.8, 4) is 11.4 Å². The van der Waals surface area contributed by atoms with Gasteiger partial charge in [0.25, 0.3) is 0 Å². The molecule has 0 radical (unpaired) electrons. The van der Waals surface area contributed by atoms with Gasteiger partial charge in [0, 0.05) is 18.3 Å². The van der Waals surface area contributed by atoms with Crippen LogP contribution in [-0.4, -0.2) is 16.5 Å². The molecule has 0 aliphatic heterocycles. The Morgan fingerprint density at radius 1 is 1.30 bits per heavy atom. The lowest BCUT2D eigenvalue weighted by Gasteiger charge is -2.10. The molecular formula is C16H18BrN3. The highest BCUT2D eigenvalue weighted by molar-refractivity contribution is 9.10. The molecule has 1 aliphatic rings. The Balaban J connectivity index is 1.97. The van der Waals surface area contributed by atoms with E-state index in [9.17, 15) is 0 Å². The van der Waals surface area contributed by atoms with Gasteiger partial charge in [-0.15, -0.1) is 0 Å². The molecule has 1 saturated carbocycles. The fourth-order valence-corrected chi connectivity index (χ4v) is 2.65. The van der Waals surface area contributed by atoms with Crippen LogP contribution in [-0.2, 0) is 0 Å². The van der Waals surface area contributed by atoms with Crippen molar-refractivity contribution in [3.05, 3.63) is 40.5 Å². The maximum absolute atomic E-state index is 4.68. The van der Waals surface area contributed by atoms with Gasteiger partial charge in [-0.3, -0.25) is 0 Å². The minimum atomic E-state index is 0.700. The van der Waals surface area contributed by atoms with Crippen molar-refractivity contribution in [3.63, 3.8) is 0 Å². The largest absolute Gasteiger partial charge is 0.369 e. The molecule has 104 valence electrons. The van der Waals surface area contributed by atoms with Crippen LogP contribution in [0, 0.1) is 0 Å². The SMILES string of the molecule is CCCNc1nc(-c2ccccc2C2CC2)ncc1Br. The second kappa shape index (κ2) is 5.92. The number of hydrogen-bond donors (Lipinski definition) is 1. The molecule has 1 aliphatic carbocycles. The third kappa shape index (κ3) is 2.85. The maximum Gasteiger partial charge on any atom is 0.161 e. The number of nitrogens with one attached hydrogen (secondary N) is 1. The Morgan fingerprint density at radius 2 is 2.10 bits per heavy atom. The Labute approximate surface area is 128 Å². The molecule has 0 saturated heterocycles. The molecule has 0 bridgehead atoms. The molecule has 1 aromatic carbocycles. The highest BCUT2D eigenvalue weighted by atomic mass is 79.9. The van der Waals surface area contributed by atoms with Crippen LogP contribution in [0.15, 0.2) is 34.9 Å². The molecule has 0 unspecified atom stereocenters. The summed E-state index contributed by atoms with van der Waals surface area (Å²) in [5.41, 5.74) is 2.55. The first kappa shape index (κ1) is 13.6. The van der Waals surface area contributed by atoms with Gasteiger partial charge in [-0.25, -0.2) is 9.97 Å². The standard InChI is InChI=1S/C16H18BrN3/c1-2-9-18-16-14(17)10-19-15(20-16)13-6-4-3-5-12(13)11-7-8-11/h3-6,10-11H,2,7-9H2,1H3,(H,18,19,20). The van der Waals surface area contributed by atoms with Crippen LogP contribution in [0.2, 0.25) is 0 Å². The van der Waals surface area contributed by atoms with Crippen LogP contribution >= 0.6 is 15.9 Å². The zero-order valence-electron chi connectivity index (χ0n) is 11.6. The summed E-state index contributed by atoms with van der Waals surface area (Å²) in [6, 6.07) is 8.50. The van der Waals surface area contributed by atoms with Crippen LogP contribution in [0.1, 0.15) is 37.7 Å². The second-order valence-electron chi connectivity index (χ2n) is 5.18. The molecule has 0 spiro atoms. The molecule has 1 aromatic heterocycles. The van der Waals surface area contributed by atoms with E-state index in [0.29, 0.717) is 5.92 Å². The summed E-state index contributed by atoms with van der Waals surface area (Å²) >= 11 is 3.51. The summed E-state index contributed by atoms with van der Waals surface area (Å²) in [5.74, 6) is 2.39. The first-order valence-corrected chi connectivity index (χ1v) is 7.94. The minimum absolute atomic E-state index is 0.700. The third-order valence-electron chi connectivity index (χ3n) is 3.51. The van der Waals surface area contributed by atoms with E-state index >= 15 is 0 Å². The van der Waals surface area contributed by atoms with Crippen LogP contribution in [0.25, 0.3) is 11.4 Å². The van der Waals surface area contributed by atoms with E-state index in [1.54, 1.807) is 0 Å². The van der Waals surface area contributed by atoms with Gasteiger partial charge in [-0.1, -0.05) is 31.2 Å². The summed E-state index contributed by atoms with van der Waals surface area (Å²) in [7, 11) is 0. The van der Waals surface area contributed by atoms with Crippen LogP contribution in [0.4, 0.5) is 5.82 Å². The molecule has 1 N–H and O–H groups in total. The van der Waals surface area contributed by atoms with E-state index in [0.717, 1.165) is 29.1 Å². The first-order valence-electron chi connectivity index (χ1n) is 7.15. The van der Waals surface area contributed by atoms with Crippen molar-refractivity contribution >= 4 is 21.7 Å². The summed E-state index contributed by atoms with van der Waals surface area (Å²) in [4.78, 5) is 9.17. The number of rotatable bonds is 5. The van der Waals surface area contributed by atoms with Crippen molar-refractivity contribution in [1.29, 1.82) is 0 Å². The van der Waals surface area contributed by atoms with Crippen LogP contribution in [0.5, 0.6) is 0 Å². The lowest BCUT2D eigenvalue weighted by Crippen LogP contribution is -2.04. The van der Waals surface area contributed by atoms with Gasteiger partial charge in [-0.2, -0.15) is 0 Å². The summed E-state index contributed by atoms with van der Waals surface area (Å²) in [6.45, 7) is 3.06. The minimum Gasteiger partial charge on any atom is -0.369 e. The number of aromatic nitrogens is 2. The normalized spacial score (nSPS) is 14.3. The van der Waals surface area contributed by atoms with Crippen molar-refractivity contribution in [2.75, 3.05) is 11.9 Å². The molecule has 0 atom stereocenters. The predicted octanol–water partition coefficient (Wildman–Crippen LogP) is 4.61. The zero-order chi connectivity index (χ0) is 13.9. The number of benzene rings is 1. The van der Waals surface area contributed by atoms with Gasteiger partial charge in [0.05, 0.1) is 4.47 Å². The summed E-state index contributed by atoms with van der Waals surface area (Å²) in [6.07, 6.45) is 5.48. The van der Waals surface area contributed by atoms with Gasteiger partial charge < -0.3 is 5.32 Å². The van der Waals surface area contributed by atoms with E-state index in [-0.39, 0.29) is 0 Å². The van der Waals surface area contributed by atoms with Gasteiger partial charge >= 0.3 is 0 Å².